The Bertz CT molecular complexity index is 923. The van der Waals surface area contributed by atoms with Crippen molar-refractivity contribution in [1.29, 1.82) is 0 Å². The summed E-state index contributed by atoms with van der Waals surface area (Å²) in [5, 5.41) is 22.8. The summed E-state index contributed by atoms with van der Waals surface area (Å²) in [6.07, 6.45) is -1.53. The molecule has 1 aliphatic rings. The van der Waals surface area contributed by atoms with Gasteiger partial charge < -0.3 is 29.7 Å². The fourth-order valence-corrected chi connectivity index (χ4v) is 3.85. The first kappa shape index (κ1) is 25.3. The fourth-order valence-electron chi connectivity index (χ4n) is 2.78. The van der Waals surface area contributed by atoms with Gasteiger partial charge in [0, 0.05) is 28.7 Å². The lowest BCUT2D eigenvalue weighted by atomic mass is 9.97. The van der Waals surface area contributed by atoms with Crippen LogP contribution in [-0.4, -0.2) is 65.6 Å². The molecule has 0 radical (unpaired) electrons. The summed E-state index contributed by atoms with van der Waals surface area (Å²) < 4.78 is 15.2. The number of nitrogens with one attached hydrogen (secondary N) is 1. The number of carbonyl (C=O) groups is 4. The molecule has 0 saturated heterocycles. The molecule has 0 bridgehead atoms. The van der Waals surface area contributed by atoms with Crippen LogP contribution in [0.15, 0.2) is 6.07 Å². The normalized spacial score (nSPS) is 20.0. The molecule has 11 heteroatoms. The maximum atomic E-state index is 12.8. The largest absolute Gasteiger partial charge is 0.508 e. The molecular formula is C21H27NO9S. The molecule has 2 rings (SSSR count). The van der Waals surface area contributed by atoms with E-state index < -0.39 is 48.0 Å². The predicted octanol–water partition coefficient (Wildman–Crippen LogP) is 1.43. The molecule has 2 atom stereocenters. The Kier molecular flexibility index (Phi) is 8.00. The number of phenols is 2. The lowest BCUT2D eigenvalue weighted by Gasteiger charge is -2.25. The van der Waals surface area contributed by atoms with Crippen molar-refractivity contribution in [3.8, 4) is 11.5 Å². The maximum Gasteiger partial charge on any atom is 0.339 e. The molecular weight excluding hydrogens is 442 g/mol. The van der Waals surface area contributed by atoms with E-state index in [1.165, 1.54) is 14.0 Å². The highest BCUT2D eigenvalue weighted by atomic mass is 32.2. The number of ether oxygens (including phenoxy) is 3. The number of aromatic hydroxyl groups is 2. The second-order valence-electron chi connectivity index (χ2n) is 8.24. The molecule has 0 spiro atoms. The molecule has 0 saturated carbocycles. The second kappa shape index (κ2) is 10.1. The molecule has 0 aromatic heterocycles. The van der Waals surface area contributed by atoms with E-state index in [9.17, 15) is 29.4 Å². The predicted molar refractivity (Wildman–Crippen MR) is 114 cm³/mol. The highest BCUT2D eigenvalue weighted by molar-refractivity contribution is 7.98. The van der Waals surface area contributed by atoms with Crippen LogP contribution in [0.25, 0.3) is 0 Å². The number of hydrogen-bond donors (Lipinski definition) is 3. The third kappa shape index (κ3) is 5.84. The fraction of sp³-hybridized carbons (Fsp3) is 0.524. The molecule has 0 unspecified atom stereocenters. The minimum atomic E-state index is -1.53. The highest BCUT2D eigenvalue weighted by Gasteiger charge is 2.34. The van der Waals surface area contributed by atoms with Crippen molar-refractivity contribution >= 4 is 35.6 Å². The van der Waals surface area contributed by atoms with Gasteiger partial charge in [-0.05, 0) is 27.7 Å². The number of carbonyl (C=O) groups excluding carboxylic acids is 4. The van der Waals surface area contributed by atoms with Gasteiger partial charge in [-0.15, -0.1) is 0 Å². The lowest BCUT2D eigenvalue weighted by molar-refractivity contribution is -0.166. The zero-order valence-electron chi connectivity index (χ0n) is 18.5. The monoisotopic (exact) mass is 469 g/mol. The number of rotatable bonds is 2. The number of hydrogen-bond acceptors (Lipinski definition) is 10. The van der Waals surface area contributed by atoms with Gasteiger partial charge in [-0.3, -0.25) is 9.59 Å². The number of phenolic OH excluding ortho intramolecular Hbond substituents is 2. The SMILES string of the molecule is COC(=O)[C@@H]1CSCc2c(O)cc(O)c(C)c2C(=O)OC[C@H](OC(=O)C(C)(C)C)C(=O)N1. The average molecular weight is 470 g/mol. The van der Waals surface area contributed by atoms with Gasteiger partial charge in [0.2, 0.25) is 6.10 Å². The van der Waals surface area contributed by atoms with Crippen LogP contribution in [0, 0.1) is 12.3 Å². The van der Waals surface area contributed by atoms with Crippen LogP contribution < -0.4 is 5.32 Å². The van der Waals surface area contributed by atoms with Gasteiger partial charge in [-0.1, -0.05) is 0 Å². The van der Waals surface area contributed by atoms with Gasteiger partial charge in [0.25, 0.3) is 5.91 Å². The topological polar surface area (TPSA) is 148 Å². The van der Waals surface area contributed by atoms with Crippen molar-refractivity contribution in [2.24, 2.45) is 5.41 Å². The average Bonchev–Trinajstić information content (AvgIpc) is 2.71. The van der Waals surface area contributed by atoms with E-state index in [1.807, 2.05) is 0 Å². The second-order valence-corrected chi connectivity index (χ2v) is 9.27. The summed E-state index contributed by atoms with van der Waals surface area (Å²) in [5.41, 5.74) is -0.620. The molecule has 1 aromatic carbocycles. The van der Waals surface area contributed by atoms with Crippen molar-refractivity contribution in [2.45, 2.75) is 45.6 Å². The summed E-state index contributed by atoms with van der Waals surface area (Å²) in [6, 6.07) is 0.0358. The van der Waals surface area contributed by atoms with Crippen molar-refractivity contribution < 1.29 is 43.6 Å². The Morgan fingerprint density at radius 3 is 2.47 bits per heavy atom. The van der Waals surface area contributed by atoms with Crippen LogP contribution in [0.1, 0.15) is 42.3 Å². The van der Waals surface area contributed by atoms with Crippen LogP contribution in [0.5, 0.6) is 11.5 Å². The van der Waals surface area contributed by atoms with Crippen molar-refractivity contribution in [1.82, 2.24) is 5.32 Å². The van der Waals surface area contributed by atoms with Crippen LogP contribution >= 0.6 is 11.8 Å². The Hall–Kier alpha value is -2.95. The van der Waals surface area contributed by atoms with Crippen LogP contribution in [0.3, 0.4) is 0 Å². The molecule has 1 heterocycles. The van der Waals surface area contributed by atoms with Crippen LogP contribution in [0.2, 0.25) is 0 Å². The smallest absolute Gasteiger partial charge is 0.339 e. The molecule has 10 nitrogen and oxygen atoms in total. The molecule has 1 aliphatic heterocycles. The molecule has 32 heavy (non-hydrogen) atoms. The number of benzene rings is 1. The molecule has 0 fully saturated rings. The molecule has 3 N–H and O–H groups in total. The molecule has 176 valence electrons. The van der Waals surface area contributed by atoms with E-state index in [-0.39, 0.29) is 39.7 Å². The Labute approximate surface area is 189 Å². The molecule has 0 aliphatic carbocycles. The quantitative estimate of drug-likeness (QED) is 0.429. The first-order valence-electron chi connectivity index (χ1n) is 9.75. The van der Waals surface area contributed by atoms with E-state index >= 15 is 0 Å². The highest BCUT2D eigenvalue weighted by Crippen LogP contribution is 2.35. The van der Waals surface area contributed by atoms with Crippen molar-refractivity contribution in [3.05, 3.63) is 22.8 Å². The third-order valence-electron chi connectivity index (χ3n) is 4.70. The zero-order chi connectivity index (χ0) is 24.2. The summed E-state index contributed by atoms with van der Waals surface area (Å²) in [7, 11) is 1.17. The third-order valence-corrected chi connectivity index (χ3v) is 5.76. The summed E-state index contributed by atoms with van der Waals surface area (Å²) in [6.45, 7) is 5.62. The summed E-state index contributed by atoms with van der Waals surface area (Å²) in [5.74, 6) is -3.66. The van der Waals surface area contributed by atoms with E-state index in [0.717, 1.165) is 17.8 Å². The number of thioether (sulfide) groups is 1. The Morgan fingerprint density at radius 1 is 1.22 bits per heavy atom. The number of methoxy groups -OCH3 is 1. The molecule has 1 amide bonds. The van der Waals surface area contributed by atoms with Crippen molar-refractivity contribution in [2.75, 3.05) is 19.5 Å². The van der Waals surface area contributed by atoms with Gasteiger partial charge in [0.1, 0.15) is 24.1 Å². The number of amides is 1. The lowest BCUT2D eigenvalue weighted by Crippen LogP contribution is -2.50. The Balaban J connectivity index is 2.47. The first-order chi connectivity index (χ1) is 14.9. The van der Waals surface area contributed by atoms with E-state index in [2.05, 4.69) is 5.32 Å². The zero-order valence-corrected chi connectivity index (χ0v) is 19.3. The van der Waals surface area contributed by atoms with E-state index in [1.54, 1.807) is 20.8 Å². The Morgan fingerprint density at radius 2 is 1.88 bits per heavy atom. The standard InChI is InChI=1S/C21H27NO9S/c1-10-13(23)6-14(24)11-8-32-9-12(18(26)29-5)22-17(25)15(7-30-19(27)16(10)11)31-20(28)21(2,3)4/h6,12,15,23-24H,7-9H2,1-5H3,(H,22,25)/t12-,15-/m0/s1. The number of cyclic esters (lactones) is 1. The summed E-state index contributed by atoms with van der Waals surface area (Å²) in [4.78, 5) is 50.1. The number of fused-ring (bicyclic) bond motifs is 1. The minimum Gasteiger partial charge on any atom is -0.508 e. The van der Waals surface area contributed by atoms with Crippen LogP contribution in [0.4, 0.5) is 0 Å². The maximum absolute atomic E-state index is 12.8. The van der Waals surface area contributed by atoms with E-state index in [0.29, 0.717) is 0 Å². The number of esters is 3. The van der Waals surface area contributed by atoms with Gasteiger partial charge in [0.15, 0.2) is 0 Å². The van der Waals surface area contributed by atoms with Crippen LogP contribution in [-0.2, 0) is 34.3 Å². The van der Waals surface area contributed by atoms with Gasteiger partial charge in [-0.25, -0.2) is 9.59 Å². The van der Waals surface area contributed by atoms with Gasteiger partial charge in [0.05, 0.1) is 18.1 Å². The molecule has 1 aromatic rings. The van der Waals surface area contributed by atoms with Crippen molar-refractivity contribution in [3.63, 3.8) is 0 Å². The first-order valence-corrected chi connectivity index (χ1v) is 10.9. The van der Waals surface area contributed by atoms with E-state index in [4.69, 9.17) is 14.2 Å². The minimum absolute atomic E-state index is 0.0478. The van der Waals surface area contributed by atoms with Gasteiger partial charge in [-0.2, -0.15) is 11.8 Å². The van der Waals surface area contributed by atoms with Gasteiger partial charge >= 0.3 is 17.9 Å². The summed E-state index contributed by atoms with van der Waals surface area (Å²) >= 11 is 1.14.